The Morgan fingerprint density at radius 2 is 1.94 bits per heavy atom. The first kappa shape index (κ1) is 15.4. The van der Waals surface area contributed by atoms with Crippen molar-refractivity contribution >= 4 is 16.0 Å². The second-order valence-corrected chi connectivity index (χ2v) is 6.24. The second kappa shape index (κ2) is 7.03. The number of rotatable bonds is 7. The first-order chi connectivity index (χ1) is 8.39. The Labute approximate surface area is 107 Å². The predicted octanol–water partition coefficient (Wildman–Crippen LogP) is -0.945. The molecule has 0 aromatic rings. The molecule has 0 bridgehead atoms. The van der Waals surface area contributed by atoms with E-state index in [1.54, 1.807) is 0 Å². The fourth-order valence-corrected chi connectivity index (χ4v) is 2.58. The van der Waals surface area contributed by atoms with Gasteiger partial charge in [0.05, 0.1) is 25.9 Å². The highest BCUT2D eigenvalue weighted by atomic mass is 32.2. The van der Waals surface area contributed by atoms with Crippen LogP contribution in [0, 0.1) is 0 Å². The van der Waals surface area contributed by atoms with Gasteiger partial charge >= 0.3 is 5.97 Å². The fraction of sp³-hybridized carbons (Fsp3) is 0.900. The molecule has 0 aromatic carbocycles. The first-order valence-corrected chi connectivity index (χ1v) is 7.71. The molecule has 8 heteroatoms. The van der Waals surface area contributed by atoms with E-state index in [9.17, 15) is 13.2 Å². The van der Waals surface area contributed by atoms with Crippen LogP contribution in [0.3, 0.4) is 0 Å². The van der Waals surface area contributed by atoms with Crippen LogP contribution < -0.4 is 0 Å². The van der Waals surface area contributed by atoms with Gasteiger partial charge < -0.3 is 9.84 Å². The summed E-state index contributed by atoms with van der Waals surface area (Å²) in [5.41, 5.74) is 0. The molecular weight excluding hydrogens is 260 g/mol. The quantitative estimate of drug-likeness (QED) is 0.647. The van der Waals surface area contributed by atoms with Crippen molar-refractivity contribution < 1.29 is 23.1 Å². The van der Waals surface area contributed by atoms with Crippen molar-refractivity contribution in [2.45, 2.75) is 6.42 Å². The van der Waals surface area contributed by atoms with E-state index in [1.165, 1.54) is 4.31 Å². The van der Waals surface area contributed by atoms with Crippen LogP contribution in [0.2, 0.25) is 0 Å². The summed E-state index contributed by atoms with van der Waals surface area (Å²) < 4.78 is 29.4. The van der Waals surface area contributed by atoms with E-state index in [1.807, 2.05) is 0 Å². The topological polar surface area (TPSA) is 87.2 Å². The maximum atomic E-state index is 11.5. The maximum absolute atomic E-state index is 11.5. The average Bonchev–Trinajstić information content (AvgIpc) is 2.28. The summed E-state index contributed by atoms with van der Waals surface area (Å²) >= 11 is 0. The zero-order valence-electron chi connectivity index (χ0n) is 10.5. The number of carboxylic acids is 1. The van der Waals surface area contributed by atoms with Gasteiger partial charge in [0, 0.05) is 32.7 Å². The smallest absolute Gasteiger partial charge is 0.304 e. The van der Waals surface area contributed by atoms with Crippen molar-refractivity contribution in [2.75, 3.05) is 52.2 Å². The van der Waals surface area contributed by atoms with Gasteiger partial charge in [0.1, 0.15) is 0 Å². The second-order valence-electron chi connectivity index (χ2n) is 4.26. The molecule has 1 aliphatic heterocycles. The summed E-state index contributed by atoms with van der Waals surface area (Å²) in [5, 5.41) is 8.60. The lowest BCUT2D eigenvalue weighted by molar-refractivity contribution is -0.137. The molecule has 1 aliphatic rings. The minimum absolute atomic E-state index is 0.0263. The zero-order chi connectivity index (χ0) is 13.6. The van der Waals surface area contributed by atoms with Crippen LogP contribution in [-0.4, -0.2) is 80.9 Å². The summed E-state index contributed by atoms with van der Waals surface area (Å²) in [6.45, 7) is 3.86. The Kier molecular flexibility index (Phi) is 6.00. The van der Waals surface area contributed by atoms with E-state index in [-0.39, 0.29) is 13.0 Å². The van der Waals surface area contributed by atoms with Gasteiger partial charge in [-0.25, -0.2) is 12.7 Å². The van der Waals surface area contributed by atoms with E-state index in [4.69, 9.17) is 9.84 Å². The van der Waals surface area contributed by atoms with Gasteiger partial charge in [-0.1, -0.05) is 0 Å². The number of carbonyl (C=O) groups is 1. The van der Waals surface area contributed by atoms with Crippen LogP contribution in [0.25, 0.3) is 0 Å². The maximum Gasteiger partial charge on any atom is 0.304 e. The molecule has 0 radical (unpaired) electrons. The van der Waals surface area contributed by atoms with Gasteiger partial charge in [0.2, 0.25) is 10.0 Å². The van der Waals surface area contributed by atoms with Gasteiger partial charge in [0.15, 0.2) is 0 Å². The Bertz CT molecular complexity index is 364. The van der Waals surface area contributed by atoms with Crippen LogP contribution in [0.5, 0.6) is 0 Å². The molecule has 18 heavy (non-hydrogen) atoms. The molecule has 0 saturated carbocycles. The zero-order valence-corrected chi connectivity index (χ0v) is 11.4. The first-order valence-electron chi connectivity index (χ1n) is 5.86. The number of hydrogen-bond acceptors (Lipinski definition) is 5. The molecule has 0 aliphatic carbocycles. The van der Waals surface area contributed by atoms with E-state index in [2.05, 4.69) is 4.90 Å². The van der Waals surface area contributed by atoms with Crippen LogP contribution in [0.1, 0.15) is 6.42 Å². The Morgan fingerprint density at radius 1 is 1.33 bits per heavy atom. The van der Waals surface area contributed by atoms with Crippen LogP contribution in [0.4, 0.5) is 0 Å². The Balaban J connectivity index is 2.42. The van der Waals surface area contributed by atoms with Crippen molar-refractivity contribution in [2.24, 2.45) is 0 Å². The lowest BCUT2D eigenvalue weighted by Gasteiger charge is -2.29. The van der Waals surface area contributed by atoms with Crippen molar-refractivity contribution in [1.82, 2.24) is 9.21 Å². The molecule has 0 unspecified atom stereocenters. The third-order valence-corrected chi connectivity index (χ3v) is 4.12. The third-order valence-electron chi connectivity index (χ3n) is 2.81. The van der Waals surface area contributed by atoms with E-state index in [0.717, 1.165) is 19.3 Å². The lowest BCUT2D eigenvalue weighted by atomic mass is 10.4. The fourth-order valence-electron chi connectivity index (χ4n) is 1.74. The number of hydrogen-bond donors (Lipinski definition) is 1. The minimum Gasteiger partial charge on any atom is -0.481 e. The number of ether oxygens (including phenoxy) is 1. The standard InChI is InChI=1S/C10H20N2O5S/c1-18(15,16)12(3-2-10(13)14)5-4-11-6-8-17-9-7-11/h2-9H2,1H3,(H,13,14). The monoisotopic (exact) mass is 280 g/mol. The molecule has 1 rings (SSSR count). The molecule has 1 fully saturated rings. The van der Waals surface area contributed by atoms with Crippen LogP contribution >= 0.6 is 0 Å². The highest BCUT2D eigenvalue weighted by Crippen LogP contribution is 2.02. The number of sulfonamides is 1. The molecule has 7 nitrogen and oxygen atoms in total. The average molecular weight is 280 g/mol. The largest absolute Gasteiger partial charge is 0.481 e. The molecule has 0 atom stereocenters. The molecule has 0 amide bonds. The predicted molar refractivity (Wildman–Crippen MR) is 65.9 cm³/mol. The highest BCUT2D eigenvalue weighted by molar-refractivity contribution is 7.88. The molecule has 0 aromatic heterocycles. The molecule has 1 heterocycles. The van der Waals surface area contributed by atoms with Crippen LogP contribution in [0.15, 0.2) is 0 Å². The van der Waals surface area contributed by atoms with Crippen LogP contribution in [-0.2, 0) is 19.6 Å². The van der Waals surface area contributed by atoms with Gasteiger partial charge in [0.25, 0.3) is 0 Å². The Morgan fingerprint density at radius 3 is 2.44 bits per heavy atom. The summed E-state index contributed by atoms with van der Waals surface area (Å²) in [6, 6.07) is 0. The normalized spacial score (nSPS) is 18.1. The SMILES string of the molecule is CS(=O)(=O)N(CCC(=O)O)CCN1CCOCC1. The van der Waals surface area contributed by atoms with E-state index >= 15 is 0 Å². The van der Waals surface area contributed by atoms with Gasteiger partial charge in [-0.05, 0) is 0 Å². The molecule has 0 spiro atoms. The highest BCUT2D eigenvalue weighted by Gasteiger charge is 2.19. The lowest BCUT2D eigenvalue weighted by Crippen LogP contribution is -2.43. The van der Waals surface area contributed by atoms with Crippen molar-refractivity contribution in [3.63, 3.8) is 0 Å². The van der Waals surface area contributed by atoms with E-state index in [0.29, 0.717) is 26.3 Å². The van der Waals surface area contributed by atoms with Gasteiger partial charge in [-0.3, -0.25) is 9.69 Å². The molecular formula is C10H20N2O5S. The van der Waals surface area contributed by atoms with Crippen molar-refractivity contribution in [3.8, 4) is 0 Å². The molecule has 1 saturated heterocycles. The summed E-state index contributed by atoms with van der Waals surface area (Å²) in [7, 11) is -3.35. The molecule has 106 valence electrons. The number of morpholine rings is 1. The number of carboxylic acid groups (broad SMARTS) is 1. The van der Waals surface area contributed by atoms with Crippen molar-refractivity contribution in [3.05, 3.63) is 0 Å². The minimum atomic E-state index is -3.35. The number of aliphatic carboxylic acids is 1. The Hall–Kier alpha value is -0.700. The third kappa shape index (κ3) is 5.76. The van der Waals surface area contributed by atoms with Gasteiger partial charge in [-0.15, -0.1) is 0 Å². The van der Waals surface area contributed by atoms with Gasteiger partial charge in [-0.2, -0.15) is 0 Å². The van der Waals surface area contributed by atoms with Crippen molar-refractivity contribution in [1.29, 1.82) is 0 Å². The number of nitrogens with zero attached hydrogens (tertiary/aromatic N) is 2. The summed E-state index contributed by atoms with van der Waals surface area (Å²) in [5.74, 6) is -0.991. The van der Waals surface area contributed by atoms with E-state index < -0.39 is 16.0 Å². The summed E-state index contributed by atoms with van der Waals surface area (Å²) in [6.07, 6.45) is 0.935. The molecule has 1 N–H and O–H groups in total. The summed E-state index contributed by atoms with van der Waals surface area (Å²) in [4.78, 5) is 12.6.